The Kier molecular flexibility index (Phi) is 9.16. The van der Waals surface area contributed by atoms with Crippen LogP contribution < -0.4 is 10.6 Å². The van der Waals surface area contributed by atoms with Gasteiger partial charge in [0.25, 0.3) is 5.91 Å². The molecule has 1 unspecified atom stereocenters. The number of anilines is 1. The van der Waals surface area contributed by atoms with Crippen molar-refractivity contribution in [3.8, 4) is 0 Å². The molecular weight excluding hydrogens is 388 g/mol. The third-order valence-electron chi connectivity index (χ3n) is 6.10. The summed E-state index contributed by atoms with van der Waals surface area (Å²) in [4.78, 5) is 29.5. The highest BCUT2D eigenvalue weighted by molar-refractivity contribution is 5.97. The SMILES string of the molecule is C=CN(C(=O)c1cc(NCC(=O)N2CCC(C)CC2)ccc1C)C(CCC)C(=C)NC. The van der Waals surface area contributed by atoms with Crippen LogP contribution in [-0.4, -0.2) is 54.3 Å². The molecule has 1 fully saturated rings. The molecule has 1 aromatic carbocycles. The van der Waals surface area contributed by atoms with Gasteiger partial charge < -0.3 is 20.4 Å². The average Bonchev–Trinajstić information content (AvgIpc) is 2.78. The number of carbonyl (C=O) groups excluding carboxylic acids is 2. The number of amides is 2. The van der Waals surface area contributed by atoms with Crippen molar-refractivity contribution in [1.29, 1.82) is 0 Å². The molecule has 0 aliphatic carbocycles. The first-order valence-corrected chi connectivity index (χ1v) is 11.3. The monoisotopic (exact) mass is 426 g/mol. The molecule has 6 heteroatoms. The van der Waals surface area contributed by atoms with Crippen LogP contribution in [0, 0.1) is 12.8 Å². The molecule has 2 N–H and O–H groups in total. The van der Waals surface area contributed by atoms with Crippen molar-refractivity contribution >= 4 is 17.5 Å². The minimum atomic E-state index is -0.168. The molecule has 0 saturated carbocycles. The van der Waals surface area contributed by atoms with E-state index in [2.05, 4.69) is 37.6 Å². The van der Waals surface area contributed by atoms with Crippen LogP contribution in [0.3, 0.4) is 0 Å². The quantitative estimate of drug-likeness (QED) is 0.590. The zero-order valence-electron chi connectivity index (χ0n) is 19.5. The Morgan fingerprint density at radius 3 is 2.58 bits per heavy atom. The van der Waals surface area contributed by atoms with Crippen molar-refractivity contribution in [3.05, 3.63) is 54.4 Å². The van der Waals surface area contributed by atoms with E-state index in [0.29, 0.717) is 11.5 Å². The Morgan fingerprint density at radius 1 is 1.32 bits per heavy atom. The Labute approximate surface area is 187 Å². The standard InChI is InChI=1S/C25H38N4O2/c1-7-9-23(20(5)26-6)29(8-2)25(31)22-16-21(11-10-19(22)4)27-17-24(30)28-14-12-18(3)13-15-28/h8,10-11,16,18,23,26-27H,2,5,7,9,12-15,17H2,1,3-4,6H3. The Morgan fingerprint density at radius 2 is 2.00 bits per heavy atom. The van der Waals surface area contributed by atoms with Crippen molar-refractivity contribution < 1.29 is 9.59 Å². The van der Waals surface area contributed by atoms with Gasteiger partial charge in [-0.15, -0.1) is 0 Å². The lowest BCUT2D eigenvalue weighted by Gasteiger charge is -2.31. The third-order valence-corrected chi connectivity index (χ3v) is 6.10. The summed E-state index contributed by atoms with van der Waals surface area (Å²) in [6.45, 7) is 16.0. The van der Waals surface area contributed by atoms with Gasteiger partial charge in [-0.3, -0.25) is 9.59 Å². The molecule has 2 amide bonds. The zero-order valence-corrected chi connectivity index (χ0v) is 19.5. The number of likely N-dealkylation sites (N-methyl/N-ethyl adjacent to an activating group) is 1. The van der Waals surface area contributed by atoms with Crippen molar-refractivity contribution in [2.75, 3.05) is 32.0 Å². The van der Waals surface area contributed by atoms with Crippen LogP contribution in [0.5, 0.6) is 0 Å². The van der Waals surface area contributed by atoms with Crippen LogP contribution in [0.25, 0.3) is 0 Å². The van der Waals surface area contributed by atoms with E-state index in [1.165, 1.54) is 0 Å². The zero-order chi connectivity index (χ0) is 23.0. The van der Waals surface area contributed by atoms with Crippen LogP contribution in [0.2, 0.25) is 0 Å². The maximum atomic E-state index is 13.4. The third kappa shape index (κ3) is 6.36. The van der Waals surface area contributed by atoms with E-state index in [1.54, 1.807) is 11.1 Å². The Balaban J connectivity index is 2.13. The maximum Gasteiger partial charge on any atom is 0.258 e. The van der Waals surface area contributed by atoms with Crippen molar-refractivity contribution in [3.63, 3.8) is 0 Å². The number of likely N-dealkylation sites (tertiary alicyclic amines) is 1. The predicted octanol–water partition coefficient (Wildman–Crippen LogP) is 4.15. The first-order valence-electron chi connectivity index (χ1n) is 11.3. The Bertz CT molecular complexity index is 797. The molecule has 0 aromatic heterocycles. The highest BCUT2D eigenvalue weighted by Crippen LogP contribution is 2.22. The number of hydrogen-bond donors (Lipinski definition) is 2. The lowest BCUT2D eigenvalue weighted by Crippen LogP contribution is -2.41. The highest BCUT2D eigenvalue weighted by atomic mass is 16.2. The molecule has 6 nitrogen and oxygen atoms in total. The number of nitrogens with one attached hydrogen (secondary N) is 2. The van der Waals surface area contributed by atoms with Gasteiger partial charge in [0.2, 0.25) is 5.91 Å². The maximum absolute atomic E-state index is 13.4. The second-order valence-corrected chi connectivity index (χ2v) is 8.42. The molecule has 0 spiro atoms. The van der Waals surface area contributed by atoms with E-state index in [9.17, 15) is 9.59 Å². The fourth-order valence-electron chi connectivity index (χ4n) is 3.92. The fraction of sp³-hybridized carbons (Fsp3) is 0.520. The van der Waals surface area contributed by atoms with Gasteiger partial charge in [-0.2, -0.15) is 0 Å². The summed E-state index contributed by atoms with van der Waals surface area (Å²) in [5.41, 5.74) is 3.01. The van der Waals surface area contributed by atoms with Crippen LogP contribution >= 0.6 is 0 Å². The summed E-state index contributed by atoms with van der Waals surface area (Å²) in [6.07, 6.45) is 5.40. The number of aryl methyl sites for hydroxylation is 1. The van der Waals surface area contributed by atoms with Crippen molar-refractivity contribution in [2.24, 2.45) is 5.92 Å². The highest BCUT2D eigenvalue weighted by Gasteiger charge is 2.25. The molecule has 1 atom stereocenters. The van der Waals surface area contributed by atoms with Crippen LogP contribution in [0.1, 0.15) is 55.5 Å². The van der Waals surface area contributed by atoms with Crippen LogP contribution in [0.4, 0.5) is 5.69 Å². The molecule has 1 aliphatic rings. The lowest BCUT2D eigenvalue weighted by molar-refractivity contribution is -0.130. The minimum absolute atomic E-state index is 0.0985. The lowest BCUT2D eigenvalue weighted by atomic mass is 9.99. The van der Waals surface area contributed by atoms with E-state index in [4.69, 9.17) is 0 Å². The first-order chi connectivity index (χ1) is 14.8. The number of benzene rings is 1. The van der Waals surface area contributed by atoms with E-state index >= 15 is 0 Å². The van der Waals surface area contributed by atoms with Crippen LogP contribution in [-0.2, 0) is 4.79 Å². The van der Waals surface area contributed by atoms with Crippen molar-refractivity contribution in [2.45, 2.75) is 52.5 Å². The normalized spacial score (nSPS) is 15.2. The molecule has 1 aliphatic heterocycles. The van der Waals surface area contributed by atoms with Gasteiger partial charge in [0.05, 0.1) is 12.6 Å². The largest absolute Gasteiger partial charge is 0.390 e. The fourth-order valence-corrected chi connectivity index (χ4v) is 3.92. The summed E-state index contributed by atoms with van der Waals surface area (Å²) in [5.74, 6) is 0.662. The van der Waals surface area contributed by atoms with Crippen LogP contribution in [0.15, 0.2) is 43.3 Å². The summed E-state index contributed by atoms with van der Waals surface area (Å²) in [5, 5.41) is 6.28. The number of nitrogens with zero attached hydrogens (tertiary/aromatic N) is 2. The van der Waals surface area contributed by atoms with Gasteiger partial charge in [-0.1, -0.05) is 39.5 Å². The van der Waals surface area contributed by atoms with Gasteiger partial charge in [-0.25, -0.2) is 0 Å². The summed E-state index contributed by atoms with van der Waals surface area (Å²) in [7, 11) is 1.81. The predicted molar refractivity (Wildman–Crippen MR) is 128 cm³/mol. The summed E-state index contributed by atoms with van der Waals surface area (Å²) >= 11 is 0. The number of piperidine rings is 1. The van der Waals surface area contributed by atoms with E-state index in [0.717, 1.165) is 55.7 Å². The van der Waals surface area contributed by atoms with Gasteiger partial charge >= 0.3 is 0 Å². The molecule has 0 bridgehead atoms. The number of hydrogen-bond acceptors (Lipinski definition) is 4. The van der Waals surface area contributed by atoms with Crippen molar-refractivity contribution in [1.82, 2.24) is 15.1 Å². The number of rotatable bonds is 10. The molecule has 31 heavy (non-hydrogen) atoms. The summed E-state index contributed by atoms with van der Waals surface area (Å²) < 4.78 is 0. The molecule has 1 heterocycles. The van der Waals surface area contributed by atoms with Gasteiger partial charge in [0, 0.05) is 43.3 Å². The number of carbonyl (C=O) groups is 2. The van der Waals surface area contributed by atoms with Gasteiger partial charge in [0.15, 0.2) is 0 Å². The molecule has 1 aromatic rings. The topological polar surface area (TPSA) is 64.7 Å². The minimum Gasteiger partial charge on any atom is -0.390 e. The van der Waals surface area contributed by atoms with E-state index in [-0.39, 0.29) is 24.4 Å². The molecule has 1 saturated heterocycles. The summed E-state index contributed by atoms with van der Waals surface area (Å²) in [6, 6.07) is 5.47. The van der Waals surface area contributed by atoms with Gasteiger partial charge in [-0.05, 0) is 49.8 Å². The van der Waals surface area contributed by atoms with Gasteiger partial charge in [0.1, 0.15) is 0 Å². The second kappa shape index (κ2) is 11.6. The smallest absolute Gasteiger partial charge is 0.258 e. The second-order valence-electron chi connectivity index (χ2n) is 8.42. The average molecular weight is 427 g/mol. The first kappa shape index (κ1) is 24.5. The molecule has 170 valence electrons. The molecule has 0 radical (unpaired) electrons. The Hall–Kier alpha value is -2.76. The van der Waals surface area contributed by atoms with E-state index in [1.807, 2.05) is 37.1 Å². The molecular formula is C25H38N4O2. The van der Waals surface area contributed by atoms with E-state index < -0.39 is 0 Å². The molecule has 2 rings (SSSR count).